The molecule has 5 nitrogen and oxygen atoms in total. The molecule has 146 valence electrons. The number of rotatable bonds is 6. The third-order valence-corrected chi connectivity index (χ3v) is 7.25. The van der Waals surface area contributed by atoms with Crippen LogP contribution in [0, 0.1) is 5.92 Å². The second-order valence-corrected chi connectivity index (χ2v) is 9.04. The molecule has 0 N–H and O–H groups in total. The van der Waals surface area contributed by atoms with Gasteiger partial charge in [0, 0.05) is 15.8 Å². The summed E-state index contributed by atoms with van der Waals surface area (Å²) in [5, 5.41) is 2.06. The number of nitrogens with zero attached hydrogens (tertiary/aromatic N) is 2. The first-order valence-electron chi connectivity index (χ1n) is 9.24. The van der Waals surface area contributed by atoms with E-state index in [-0.39, 0.29) is 5.78 Å². The van der Waals surface area contributed by atoms with Gasteiger partial charge in [0.1, 0.15) is 16.2 Å². The van der Waals surface area contributed by atoms with Gasteiger partial charge in [-0.25, -0.2) is 9.97 Å². The summed E-state index contributed by atoms with van der Waals surface area (Å²) in [6.45, 7) is 2.30. The Morgan fingerprint density at radius 1 is 1.25 bits per heavy atom. The summed E-state index contributed by atoms with van der Waals surface area (Å²) in [6.07, 6.45) is 4.99. The smallest absolute Gasteiger partial charge is 0.173 e. The zero-order chi connectivity index (χ0) is 19.7. The molecule has 0 aliphatic heterocycles. The van der Waals surface area contributed by atoms with Crippen LogP contribution < -0.4 is 9.47 Å². The van der Waals surface area contributed by atoms with E-state index < -0.39 is 0 Å². The monoisotopic (exact) mass is 414 g/mol. The first-order valence-corrected chi connectivity index (χ1v) is 11.0. The highest BCUT2D eigenvalue weighted by Crippen LogP contribution is 2.40. The summed E-state index contributed by atoms with van der Waals surface area (Å²) in [4.78, 5) is 24.2. The van der Waals surface area contributed by atoms with Crippen molar-refractivity contribution in [2.24, 2.45) is 5.92 Å². The first-order chi connectivity index (χ1) is 13.6. The summed E-state index contributed by atoms with van der Waals surface area (Å²) in [6, 6.07) is 5.26. The fourth-order valence-corrected chi connectivity index (χ4v) is 5.92. The number of aromatic nitrogens is 2. The average molecular weight is 415 g/mol. The number of fused-ring (bicyclic) bond motifs is 3. The van der Waals surface area contributed by atoms with E-state index in [0.29, 0.717) is 22.8 Å². The Labute approximate surface area is 172 Å². The van der Waals surface area contributed by atoms with E-state index in [0.717, 1.165) is 34.0 Å². The van der Waals surface area contributed by atoms with E-state index in [1.165, 1.54) is 28.6 Å². The zero-order valence-corrected chi connectivity index (χ0v) is 17.8. The van der Waals surface area contributed by atoms with Gasteiger partial charge in [-0.3, -0.25) is 4.79 Å². The summed E-state index contributed by atoms with van der Waals surface area (Å²) < 4.78 is 10.5. The van der Waals surface area contributed by atoms with E-state index in [1.807, 2.05) is 0 Å². The van der Waals surface area contributed by atoms with Gasteiger partial charge in [-0.15, -0.1) is 11.3 Å². The summed E-state index contributed by atoms with van der Waals surface area (Å²) in [7, 11) is 3.15. The van der Waals surface area contributed by atoms with Crippen molar-refractivity contribution in [3.05, 3.63) is 40.5 Å². The molecule has 0 saturated heterocycles. The lowest BCUT2D eigenvalue weighted by molar-refractivity contribution is 0.102. The number of carbonyl (C=O) groups excluding carboxylic acids is 1. The molecule has 0 fully saturated rings. The molecule has 0 spiro atoms. The topological polar surface area (TPSA) is 61.3 Å². The van der Waals surface area contributed by atoms with E-state index in [2.05, 4.69) is 16.9 Å². The molecule has 1 aromatic carbocycles. The highest BCUT2D eigenvalue weighted by atomic mass is 32.2. The number of Topliss-reactive ketones (excluding diaryl/α,β-unsaturated/α-hetero) is 1. The maximum atomic E-state index is 12.7. The quantitative estimate of drug-likeness (QED) is 0.328. The van der Waals surface area contributed by atoms with E-state index in [1.54, 1.807) is 50.1 Å². The molecule has 0 amide bonds. The standard InChI is InChI=1S/C21H22N2O3S2/c1-12-4-6-14-18(8-12)28-21-19(14)20(22-11-23-21)27-10-15(24)13-5-7-16(25-2)17(9-13)26-3/h5,7,9,11-12H,4,6,8,10H2,1-3H3. The van der Waals surface area contributed by atoms with Crippen molar-refractivity contribution in [1.82, 2.24) is 9.97 Å². The SMILES string of the molecule is COc1ccc(C(=O)CSc2ncnc3sc4c(c23)CCC(C)C4)cc1OC. The average Bonchev–Trinajstić information content (AvgIpc) is 3.09. The lowest BCUT2D eigenvalue weighted by atomic mass is 9.89. The van der Waals surface area contributed by atoms with E-state index in [9.17, 15) is 4.79 Å². The summed E-state index contributed by atoms with van der Waals surface area (Å²) in [5.74, 6) is 2.25. The zero-order valence-electron chi connectivity index (χ0n) is 16.2. The third-order valence-electron chi connectivity index (χ3n) is 5.10. The van der Waals surface area contributed by atoms with Crippen LogP contribution in [0.1, 0.15) is 34.1 Å². The van der Waals surface area contributed by atoms with Crippen LogP contribution in [0.4, 0.5) is 0 Å². The van der Waals surface area contributed by atoms with Crippen molar-refractivity contribution in [2.75, 3.05) is 20.0 Å². The van der Waals surface area contributed by atoms with Crippen molar-refractivity contribution >= 4 is 39.1 Å². The predicted octanol–water partition coefficient (Wildman–Crippen LogP) is 4.81. The van der Waals surface area contributed by atoms with Crippen LogP contribution in [0.15, 0.2) is 29.6 Å². The van der Waals surface area contributed by atoms with Crippen molar-refractivity contribution < 1.29 is 14.3 Å². The van der Waals surface area contributed by atoms with E-state index in [4.69, 9.17) is 9.47 Å². The molecule has 1 aliphatic carbocycles. The Kier molecular flexibility index (Phi) is 5.55. The number of hydrogen-bond acceptors (Lipinski definition) is 7. The van der Waals surface area contributed by atoms with Crippen LogP contribution in [0.25, 0.3) is 10.2 Å². The molecule has 1 unspecified atom stereocenters. The Morgan fingerprint density at radius 3 is 2.86 bits per heavy atom. The van der Waals surface area contributed by atoms with Crippen LogP contribution in [0.2, 0.25) is 0 Å². The summed E-state index contributed by atoms with van der Waals surface area (Å²) >= 11 is 3.27. The largest absolute Gasteiger partial charge is 0.493 e. The van der Waals surface area contributed by atoms with Crippen LogP contribution in [-0.2, 0) is 12.8 Å². The maximum absolute atomic E-state index is 12.7. The molecule has 2 aromatic heterocycles. The number of methoxy groups -OCH3 is 2. The molecular weight excluding hydrogens is 392 g/mol. The highest BCUT2D eigenvalue weighted by Gasteiger charge is 2.23. The number of thioether (sulfide) groups is 1. The number of ketones is 1. The van der Waals surface area contributed by atoms with Gasteiger partial charge in [-0.2, -0.15) is 0 Å². The van der Waals surface area contributed by atoms with Gasteiger partial charge in [-0.05, 0) is 48.9 Å². The third kappa shape index (κ3) is 3.61. The van der Waals surface area contributed by atoms with Crippen LogP contribution in [0.5, 0.6) is 11.5 Å². The van der Waals surface area contributed by atoms with Crippen LogP contribution >= 0.6 is 23.1 Å². The fraction of sp³-hybridized carbons (Fsp3) is 0.381. The first kappa shape index (κ1) is 19.2. The lowest BCUT2D eigenvalue weighted by Gasteiger charge is -2.18. The Bertz CT molecular complexity index is 1030. The second-order valence-electron chi connectivity index (χ2n) is 6.99. The van der Waals surface area contributed by atoms with Gasteiger partial charge in [0.05, 0.1) is 20.0 Å². The predicted molar refractivity (Wildman–Crippen MR) is 113 cm³/mol. The number of carbonyl (C=O) groups is 1. The Balaban J connectivity index is 1.57. The normalized spacial score (nSPS) is 16.0. The number of hydrogen-bond donors (Lipinski definition) is 0. The van der Waals surface area contributed by atoms with Crippen LogP contribution in [-0.4, -0.2) is 35.7 Å². The van der Waals surface area contributed by atoms with Crippen molar-refractivity contribution in [2.45, 2.75) is 31.2 Å². The van der Waals surface area contributed by atoms with Gasteiger partial charge in [0.15, 0.2) is 17.3 Å². The minimum atomic E-state index is 0.0374. The number of thiophene rings is 1. The second kappa shape index (κ2) is 8.09. The van der Waals surface area contributed by atoms with Gasteiger partial charge < -0.3 is 9.47 Å². The fourth-order valence-electron chi connectivity index (χ4n) is 3.58. The maximum Gasteiger partial charge on any atom is 0.173 e. The Hall–Kier alpha value is -2.12. The molecule has 3 aromatic rings. The minimum absolute atomic E-state index is 0.0374. The molecule has 4 rings (SSSR count). The molecule has 7 heteroatoms. The van der Waals surface area contributed by atoms with Gasteiger partial charge in [0.2, 0.25) is 0 Å². The molecule has 0 radical (unpaired) electrons. The minimum Gasteiger partial charge on any atom is -0.493 e. The Morgan fingerprint density at radius 2 is 2.07 bits per heavy atom. The highest BCUT2D eigenvalue weighted by molar-refractivity contribution is 8.00. The molecule has 1 aliphatic rings. The van der Waals surface area contributed by atoms with Gasteiger partial charge in [0.25, 0.3) is 0 Å². The van der Waals surface area contributed by atoms with Gasteiger partial charge >= 0.3 is 0 Å². The van der Waals surface area contributed by atoms with Gasteiger partial charge in [-0.1, -0.05) is 18.7 Å². The molecule has 0 saturated carbocycles. The molecule has 2 heterocycles. The lowest BCUT2D eigenvalue weighted by Crippen LogP contribution is -2.09. The number of ether oxygens (including phenoxy) is 2. The van der Waals surface area contributed by atoms with E-state index >= 15 is 0 Å². The van der Waals surface area contributed by atoms with Crippen molar-refractivity contribution in [3.8, 4) is 11.5 Å². The molecule has 1 atom stereocenters. The molecule has 28 heavy (non-hydrogen) atoms. The van der Waals surface area contributed by atoms with Crippen molar-refractivity contribution in [3.63, 3.8) is 0 Å². The summed E-state index contributed by atoms with van der Waals surface area (Å²) in [5.41, 5.74) is 2.00. The molecular formula is C21H22N2O3S2. The number of aryl methyl sites for hydroxylation is 1. The van der Waals surface area contributed by atoms with Crippen LogP contribution in [0.3, 0.4) is 0 Å². The number of benzene rings is 1. The molecule has 0 bridgehead atoms. The van der Waals surface area contributed by atoms with Crippen molar-refractivity contribution in [1.29, 1.82) is 0 Å².